The first kappa shape index (κ1) is 18.3. The molecule has 0 radical (unpaired) electrons. The summed E-state index contributed by atoms with van der Waals surface area (Å²) in [7, 11) is -3.15. The number of aliphatic hydroxyl groups excluding tert-OH is 1. The lowest BCUT2D eigenvalue weighted by Crippen LogP contribution is -2.54. The minimum atomic E-state index is -3.15. The van der Waals surface area contributed by atoms with Gasteiger partial charge in [-0.15, -0.1) is 0 Å². The van der Waals surface area contributed by atoms with Gasteiger partial charge >= 0.3 is 0 Å². The molecule has 1 aliphatic rings. The normalized spacial score (nSPS) is 21.2. The number of carbonyl (C=O) groups excluding carboxylic acids is 1. The molecule has 0 spiro atoms. The third-order valence-corrected chi connectivity index (χ3v) is 3.67. The molecule has 2 N–H and O–H groups in total. The molecule has 1 rings (SSSR count). The number of piperazine rings is 1. The molecule has 7 nitrogen and oxygen atoms in total. The Kier molecular flexibility index (Phi) is 7.50. The molecule has 0 aromatic carbocycles. The summed E-state index contributed by atoms with van der Waals surface area (Å²) in [6.07, 6.45) is 1.17. The van der Waals surface area contributed by atoms with Gasteiger partial charge in [-0.05, 0) is 20.8 Å². The summed E-state index contributed by atoms with van der Waals surface area (Å²) in [5.74, 6) is 0. The quantitative estimate of drug-likeness (QED) is 0.660. The molecular weight excluding hydrogens is 272 g/mol. The van der Waals surface area contributed by atoms with Gasteiger partial charge in [0.2, 0.25) is 10.0 Å². The SMILES string of the molecule is CC(C)(C)OC=O.CS(=O)(=O)N1CCNCC1CO. The molecular formula is C11H24N2O5S. The smallest absolute Gasteiger partial charge is 0.293 e. The average Bonchev–Trinajstić information content (AvgIpc) is 2.27. The second kappa shape index (κ2) is 7.78. The van der Waals surface area contributed by atoms with Crippen LogP contribution in [-0.4, -0.2) is 68.4 Å². The van der Waals surface area contributed by atoms with Gasteiger partial charge in [-0.3, -0.25) is 4.79 Å². The topological polar surface area (TPSA) is 95.9 Å². The van der Waals surface area contributed by atoms with Crippen LogP contribution in [0.2, 0.25) is 0 Å². The fourth-order valence-corrected chi connectivity index (χ4v) is 2.58. The van der Waals surface area contributed by atoms with Crippen molar-refractivity contribution in [2.24, 2.45) is 0 Å². The van der Waals surface area contributed by atoms with Gasteiger partial charge in [0, 0.05) is 19.6 Å². The van der Waals surface area contributed by atoms with Gasteiger partial charge < -0.3 is 15.2 Å². The standard InChI is InChI=1S/C6H14N2O3S.C5H10O2/c1-12(10,11)8-3-2-7-4-6(8)5-9;1-5(2,3)7-4-6/h6-7,9H,2-5H2,1H3;4H,1-3H3. The Morgan fingerprint density at radius 2 is 2.05 bits per heavy atom. The van der Waals surface area contributed by atoms with Crippen LogP contribution in [0.4, 0.5) is 0 Å². The second-order valence-electron chi connectivity index (χ2n) is 5.24. The first-order chi connectivity index (χ1) is 8.61. The lowest BCUT2D eigenvalue weighted by Gasteiger charge is -2.32. The van der Waals surface area contributed by atoms with Crippen molar-refractivity contribution in [2.45, 2.75) is 32.4 Å². The molecule has 0 aromatic rings. The molecule has 1 unspecified atom stereocenters. The maximum absolute atomic E-state index is 11.1. The van der Waals surface area contributed by atoms with Crippen LogP contribution < -0.4 is 5.32 Å². The Hall–Kier alpha value is -0.700. The Balaban J connectivity index is 0.000000399. The molecule has 0 amide bonds. The summed E-state index contributed by atoms with van der Waals surface area (Å²) in [5, 5.41) is 11.9. The van der Waals surface area contributed by atoms with Crippen LogP contribution in [0, 0.1) is 0 Å². The number of rotatable bonds is 3. The zero-order chi connectivity index (χ0) is 15.1. The van der Waals surface area contributed by atoms with Crippen molar-refractivity contribution in [1.82, 2.24) is 9.62 Å². The lowest BCUT2D eigenvalue weighted by atomic mass is 10.2. The van der Waals surface area contributed by atoms with Crippen LogP contribution in [0.15, 0.2) is 0 Å². The lowest BCUT2D eigenvalue weighted by molar-refractivity contribution is -0.138. The van der Waals surface area contributed by atoms with E-state index in [1.165, 1.54) is 10.6 Å². The van der Waals surface area contributed by atoms with Crippen molar-refractivity contribution in [3.8, 4) is 0 Å². The Labute approximate surface area is 115 Å². The van der Waals surface area contributed by atoms with Gasteiger partial charge in [0.1, 0.15) is 5.60 Å². The number of nitrogens with one attached hydrogen (secondary N) is 1. The van der Waals surface area contributed by atoms with E-state index in [1.807, 2.05) is 20.8 Å². The largest absolute Gasteiger partial charge is 0.462 e. The van der Waals surface area contributed by atoms with E-state index in [-0.39, 0.29) is 18.2 Å². The van der Waals surface area contributed by atoms with E-state index in [2.05, 4.69) is 10.1 Å². The monoisotopic (exact) mass is 296 g/mol. The highest BCUT2D eigenvalue weighted by atomic mass is 32.2. The Morgan fingerprint density at radius 3 is 2.32 bits per heavy atom. The molecule has 19 heavy (non-hydrogen) atoms. The van der Waals surface area contributed by atoms with Crippen LogP contribution in [0.25, 0.3) is 0 Å². The zero-order valence-corrected chi connectivity index (χ0v) is 12.7. The number of sulfonamides is 1. The molecule has 1 aliphatic heterocycles. The van der Waals surface area contributed by atoms with Gasteiger partial charge in [-0.25, -0.2) is 8.42 Å². The van der Waals surface area contributed by atoms with Crippen LogP contribution in [0.5, 0.6) is 0 Å². The van der Waals surface area contributed by atoms with Gasteiger partial charge in [-0.2, -0.15) is 4.31 Å². The third-order valence-electron chi connectivity index (χ3n) is 2.33. The molecule has 1 fully saturated rings. The average molecular weight is 296 g/mol. The number of carbonyl (C=O) groups is 1. The zero-order valence-electron chi connectivity index (χ0n) is 11.9. The van der Waals surface area contributed by atoms with Gasteiger partial charge in [0.05, 0.1) is 18.9 Å². The van der Waals surface area contributed by atoms with E-state index in [1.54, 1.807) is 0 Å². The number of hydrogen-bond donors (Lipinski definition) is 2. The molecule has 114 valence electrons. The number of nitrogens with zero attached hydrogens (tertiary/aromatic N) is 1. The van der Waals surface area contributed by atoms with E-state index in [0.717, 1.165) is 0 Å². The predicted molar refractivity (Wildman–Crippen MR) is 72.2 cm³/mol. The minimum absolute atomic E-state index is 0.125. The van der Waals surface area contributed by atoms with Crippen molar-refractivity contribution in [2.75, 3.05) is 32.5 Å². The third kappa shape index (κ3) is 8.14. The van der Waals surface area contributed by atoms with Crippen molar-refractivity contribution in [3.63, 3.8) is 0 Å². The molecule has 0 bridgehead atoms. The molecule has 1 heterocycles. The molecule has 1 atom stereocenters. The van der Waals surface area contributed by atoms with Crippen molar-refractivity contribution in [1.29, 1.82) is 0 Å². The van der Waals surface area contributed by atoms with Gasteiger partial charge in [-0.1, -0.05) is 0 Å². The van der Waals surface area contributed by atoms with Crippen LogP contribution in [0.3, 0.4) is 0 Å². The maximum atomic E-state index is 11.1. The van der Waals surface area contributed by atoms with E-state index < -0.39 is 10.0 Å². The summed E-state index contributed by atoms with van der Waals surface area (Å²) in [6.45, 7) is 7.43. The number of aliphatic hydroxyl groups is 1. The van der Waals surface area contributed by atoms with E-state index in [4.69, 9.17) is 5.11 Å². The summed E-state index contributed by atoms with van der Waals surface area (Å²) in [4.78, 5) is 9.60. The van der Waals surface area contributed by atoms with Crippen molar-refractivity contribution >= 4 is 16.5 Å². The maximum Gasteiger partial charge on any atom is 0.293 e. The predicted octanol–water partition coefficient (Wildman–Crippen LogP) is -0.830. The molecule has 0 aromatic heterocycles. The molecule has 1 saturated heterocycles. The van der Waals surface area contributed by atoms with Crippen LogP contribution >= 0.6 is 0 Å². The first-order valence-corrected chi connectivity index (χ1v) is 7.86. The second-order valence-corrected chi connectivity index (χ2v) is 7.18. The van der Waals surface area contributed by atoms with Gasteiger partial charge in [0.25, 0.3) is 6.47 Å². The highest BCUT2D eigenvalue weighted by molar-refractivity contribution is 7.88. The molecule has 0 aliphatic carbocycles. The minimum Gasteiger partial charge on any atom is -0.462 e. The molecule has 0 saturated carbocycles. The summed E-state index contributed by atoms with van der Waals surface area (Å²) < 4.78 is 28.2. The van der Waals surface area contributed by atoms with Crippen LogP contribution in [0.1, 0.15) is 20.8 Å². The van der Waals surface area contributed by atoms with Crippen LogP contribution in [-0.2, 0) is 19.6 Å². The highest BCUT2D eigenvalue weighted by Gasteiger charge is 2.28. The fraction of sp³-hybridized carbons (Fsp3) is 0.909. The van der Waals surface area contributed by atoms with E-state index >= 15 is 0 Å². The van der Waals surface area contributed by atoms with Crippen molar-refractivity contribution in [3.05, 3.63) is 0 Å². The Morgan fingerprint density at radius 1 is 1.47 bits per heavy atom. The van der Waals surface area contributed by atoms with Crippen molar-refractivity contribution < 1.29 is 23.1 Å². The number of ether oxygens (including phenoxy) is 1. The number of hydrogen-bond acceptors (Lipinski definition) is 6. The van der Waals surface area contributed by atoms with Gasteiger partial charge in [0.15, 0.2) is 0 Å². The van der Waals surface area contributed by atoms with E-state index in [9.17, 15) is 13.2 Å². The summed E-state index contributed by atoms with van der Waals surface area (Å²) in [5.41, 5.74) is -0.318. The first-order valence-electron chi connectivity index (χ1n) is 6.01. The fourth-order valence-electron chi connectivity index (χ4n) is 1.48. The highest BCUT2D eigenvalue weighted by Crippen LogP contribution is 2.07. The molecule has 8 heteroatoms. The van der Waals surface area contributed by atoms with E-state index in [0.29, 0.717) is 26.1 Å². The Bertz CT molecular complexity index is 364. The summed E-state index contributed by atoms with van der Waals surface area (Å²) >= 11 is 0. The summed E-state index contributed by atoms with van der Waals surface area (Å²) in [6, 6.07) is -0.297.